The van der Waals surface area contributed by atoms with Gasteiger partial charge < -0.3 is 15.0 Å². The Kier molecular flexibility index (Phi) is 6.32. The molecular formula is C24H23FN2O3S. The maximum absolute atomic E-state index is 13.4. The zero-order valence-electron chi connectivity index (χ0n) is 17.1. The summed E-state index contributed by atoms with van der Waals surface area (Å²) >= 11 is 1.52. The first-order chi connectivity index (χ1) is 15.1. The average Bonchev–Trinajstić information content (AvgIpc) is 3.43. The lowest BCUT2D eigenvalue weighted by Crippen LogP contribution is -2.35. The molecule has 1 fully saturated rings. The van der Waals surface area contributed by atoms with E-state index < -0.39 is 12.0 Å². The zero-order chi connectivity index (χ0) is 21.8. The molecule has 2 atom stereocenters. The van der Waals surface area contributed by atoms with Crippen molar-refractivity contribution in [2.24, 2.45) is 5.92 Å². The van der Waals surface area contributed by atoms with Crippen molar-refractivity contribution in [1.82, 2.24) is 5.32 Å². The molecule has 0 bridgehead atoms. The number of carbonyl (C=O) groups is 2. The van der Waals surface area contributed by atoms with Crippen molar-refractivity contribution >= 4 is 28.8 Å². The number of thiophene rings is 1. The first kappa shape index (κ1) is 21.1. The Labute approximate surface area is 184 Å². The fourth-order valence-electron chi connectivity index (χ4n) is 3.76. The molecule has 3 aromatic rings. The third-order valence-corrected chi connectivity index (χ3v) is 6.21. The number of halogens is 1. The number of nitrogens with zero attached hydrogens (tertiary/aromatic N) is 1. The van der Waals surface area contributed by atoms with E-state index in [0.29, 0.717) is 18.0 Å². The van der Waals surface area contributed by atoms with E-state index in [0.717, 1.165) is 10.4 Å². The number of carbonyl (C=O) groups excluding carboxylic acids is 2. The van der Waals surface area contributed by atoms with Crippen molar-refractivity contribution in [1.29, 1.82) is 0 Å². The van der Waals surface area contributed by atoms with Gasteiger partial charge in [-0.15, -0.1) is 11.3 Å². The lowest BCUT2D eigenvalue weighted by atomic mass is 10.0. The molecule has 1 aromatic heterocycles. The van der Waals surface area contributed by atoms with Crippen molar-refractivity contribution < 1.29 is 18.7 Å². The van der Waals surface area contributed by atoms with Gasteiger partial charge in [-0.2, -0.15) is 0 Å². The first-order valence-corrected chi connectivity index (χ1v) is 11.1. The summed E-state index contributed by atoms with van der Waals surface area (Å²) in [7, 11) is 0. The number of hydrogen-bond acceptors (Lipinski definition) is 4. The molecule has 2 unspecified atom stereocenters. The van der Waals surface area contributed by atoms with Gasteiger partial charge in [0, 0.05) is 17.8 Å². The number of amides is 2. The molecule has 2 amide bonds. The van der Waals surface area contributed by atoms with Gasteiger partial charge >= 0.3 is 0 Å². The lowest BCUT2D eigenvalue weighted by molar-refractivity contribution is -0.126. The number of para-hydroxylation sites is 2. The molecule has 0 radical (unpaired) electrons. The van der Waals surface area contributed by atoms with Crippen molar-refractivity contribution in [3.05, 3.63) is 82.3 Å². The van der Waals surface area contributed by atoms with Crippen molar-refractivity contribution in [3.8, 4) is 5.75 Å². The number of benzene rings is 2. The second-order valence-corrected chi connectivity index (χ2v) is 8.29. The Morgan fingerprint density at radius 3 is 2.68 bits per heavy atom. The highest BCUT2D eigenvalue weighted by atomic mass is 32.1. The highest BCUT2D eigenvalue weighted by Gasteiger charge is 2.37. The second kappa shape index (κ2) is 9.31. The van der Waals surface area contributed by atoms with Gasteiger partial charge in [-0.1, -0.05) is 30.3 Å². The van der Waals surface area contributed by atoms with E-state index >= 15 is 0 Å². The molecule has 31 heavy (non-hydrogen) atoms. The quantitative estimate of drug-likeness (QED) is 0.589. The van der Waals surface area contributed by atoms with Gasteiger partial charge in [0.1, 0.15) is 11.6 Å². The monoisotopic (exact) mass is 438 g/mol. The molecule has 1 aliphatic rings. The summed E-state index contributed by atoms with van der Waals surface area (Å²) in [6, 6.07) is 16.9. The van der Waals surface area contributed by atoms with Crippen LogP contribution in [0.25, 0.3) is 0 Å². The van der Waals surface area contributed by atoms with Crippen LogP contribution in [0.1, 0.15) is 29.8 Å². The van der Waals surface area contributed by atoms with Gasteiger partial charge in [-0.3, -0.25) is 9.59 Å². The van der Waals surface area contributed by atoms with Gasteiger partial charge in [0.2, 0.25) is 11.8 Å². The predicted molar refractivity (Wildman–Crippen MR) is 119 cm³/mol. The average molecular weight is 439 g/mol. The highest BCUT2D eigenvalue weighted by molar-refractivity contribution is 7.10. The van der Waals surface area contributed by atoms with Crippen LogP contribution in [0.4, 0.5) is 10.1 Å². The van der Waals surface area contributed by atoms with Crippen LogP contribution >= 0.6 is 11.3 Å². The van der Waals surface area contributed by atoms with E-state index in [9.17, 15) is 14.0 Å². The van der Waals surface area contributed by atoms with Gasteiger partial charge in [0.15, 0.2) is 0 Å². The van der Waals surface area contributed by atoms with Gasteiger partial charge in [-0.25, -0.2) is 4.39 Å². The summed E-state index contributed by atoms with van der Waals surface area (Å²) < 4.78 is 19.0. The summed E-state index contributed by atoms with van der Waals surface area (Å²) in [6.07, 6.45) is 0.132. The summed E-state index contributed by atoms with van der Waals surface area (Å²) in [5.74, 6) is -0.494. The van der Waals surface area contributed by atoms with Crippen molar-refractivity contribution in [2.45, 2.75) is 19.4 Å². The van der Waals surface area contributed by atoms with Gasteiger partial charge in [0.25, 0.3) is 0 Å². The summed E-state index contributed by atoms with van der Waals surface area (Å²) in [5.41, 5.74) is 1.47. The number of anilines is 1. The predicted octanol–water partition coefficient (Wildman–Crippen LogP) is 4.54. The number of nitrogens with one attached hydrogen (secondary N) is 1. The van der Waals surface area contributed by atoms with Crippen LogP contribution < -0.4 is 15.0 Å². The largest absolute Gasteiger partial charge is 0.492 e. The zero-order valence-corrected chi connectivity index (χ0v) is 17.9. The summed E-state index contributed by atoms with van der Waals surface area (Å²) in [5, 5.41) is 5.00. The molecule has 1 aliphatic heterocycles. The molecular weight excluding hydrogens is 415 g/mol. The molecule has 2 heterocycles. The Morgan fingerprint density at radius 2 is 1.97 bits per heavy atom. The van der Waals surface area contributed by atoms with Gasteiger partial charge in [0.05, 0.1) is 24.3 Å². The van der Waals surface area contributed by atoms with Crippen LogP contribution in [0, 0.1) is 11.7 Å². The van der Waals surface area contributed by atoms with Gasteiger partial charge in [-0.05, 0) is 48.2 Å². The second-order valence-electron chi connectivity index (χ2n) is 7.31. The minimum atomic E-state index is -0.481. The van der Waals surface area contributed by atoms with Crippen LogP contribution in [0.5, 0.6) is 5.75 Å². The molecule has 0 saturated carbocycles. The third kappa shape index (κ3) is 4.61. The molecule has 4 rings (SSSR count). The summed E-state index contributed by atoms with van der Waals surface area (Å²) in [4.78, 5) is 28.4. The fraction of sp³-hybridized carbons (Fsp3) is 0.250. The Morgan fingerprint density at radius 1 is 1.19 bits per heavy atom. The summed E-state index contributed by atoms with van der Waals surface area (Å²) in [6.45, 7) is 2.66. The molecule has 7 heteroatoms. The van der Waals surface area contributed by atoms with E-state index in [4.69, 9.17) is 4.74 Å². The number of hydrogen-bond donors (Lipinski definition) is 1. The fourth-order valence-corrected chi connectivity index (χ4v) is 4.57. The third-order valence-electron chi connectivity index (χ3n) is 5.27. The van der Waals surface area contributed by atoms with E-state index in [1.807, 2.05) is 48.7 Å². The van der Waals surface area contributed by atoms with Crippen LogP contribution in [-0.2, 0) is 9.59 Å². The Hall–Kier alpha value is -3.19. The van der Waals surface area contributed by atoms with Crippen molar-refractivity contribution in [3.63, 3.8) is 0 Å². The van der Waals surface area contributed by atoms with E-state index in [-0.39, 0.29) is 30.6 Å². The molecule has 160 valence electrons. The normalized spacial score (nSPS) is 16.9. The highest BCUT2D eigenvalue weighted by Crippen LogP contribution is 2.34. The SMILES string of the molecule is CCOc1ccccc1N1CC(C(=O)NC(c2ccc(F)cc2)c2cccs2)CC1=O. The number of rotatable bonds is 7. The smallest absolute Gasteiger partial charge is 0.227 e. The maximum Gasteiger partial charge on any atom is 0.227 e. The molecule has 5 nitrogen and oxygen atoms in total. The molecule has 1 N–H and O–H groups in total. The van der Waals surface area contributed by atoms with E-state index in [2.05, 4.69) is 5.32 Å². The maximum atomic E-state index is 13.4. The van der Waals surface area contributed by atoms with Crippen LogP contribution in [0.2, 0.25) is 0 Å². The topological polar surface area (TPSA) is 58.6 Å². The van der Waals surface area contributed by atoms with Crippen LogP contribution in [0.3, 0.4) is 0 Å². The molecule has 0 spiro atoms. The minimum absolute atomic E-state index is 0.109. The van der Waals surface area contributed by atoms with E-state index in [1.165, 1.54) is 23.5 Å². The molecule has 0 aliphatic carbocycles. The van der Waals surface area contributed by atoms with E-state index in [1.54, 1.807) is 17.0 Å². The Bertz CT molecular complexity index is 1050. The van der Waals surface area contributed by atoms with Crippen molar-refractivity contribution in [2.75, 3.05) is 18.1 Å². The lowest BCUT2D eigenvalue weighted by Gasteiger charge is -2.22. The standard InChI is InChI=1S/C24H23FN2O3S/c1-2-30-20-7-4-3-6-19(20)27-15-17(14-22(27)28)24(29)26-23(21-8-5-13-31-21)16-9-11-18(25)12-10-16/h3-13,17,23H,2,14-15H2,1H3,(H,26,29). The Balaban J connectivity index is 1.53. The molecule has 2 aromatic carbocycles. The first-order valence-electron chi connectivity index (χ1n) is 10.2. The minimum Gasteiger partial charge on any atom is -0.492 e. The number of ether oxygens (including phenoxy) is 1. The van der Waals surface area contributed by atoms with Crippen LogP contribution in [0.15, 0.2) is 66.0 Å². The van der Waals surface area contributed by atoms with Crippen LogP contribution in [-0.4, -0.2) is 25.0 Å². The molecule has 1 saturated heterocycles.